The highest BCUT2D eigenvalue weighted by Gasteiger charge is 2.19. The first kappa shape index (κ1) is 46.6. The fourth-order valence-corrected chi connectivity index (χ4v) is 9.41. The van der Waals surface area contributed by atoms with Crippen LogP contribution < -0.4 is 0 Å². The maximum absolute atomic E-state index is 2.60. The Morgan fingerprint density at radius 2 is 0.685 bits per heavy atom. The van der Waals surface area contributed by atoms with Crippen molar-refractivity contribution < 1.29 is 0 Å². The molecule has 0 aliphatic heterocycles. The molecule has 0 amide bonds. The Morgan fingerprint density at radius 3 is 1.09 bits per heavy atom. The molecule has 0 heterocycles. The van der Waals surface area contributed by atoms with Crippen LogP contribution in [0.1, 0.15) is 244 Å². The summed E-state index contributed by atoms with van der Waals surface area (Å²) in [6.07, 6.45) is 48.1. The fraction of sp³-hybridized carbons (Fsp3) is 0.741. The molecule has 0 aromatic heterocycles. The monoisotopic (exact) mass is 739 g/mol. The van der Waals surface area contributed by atoms with E-state index in [4.69, 9.17) is 0 Å². The van der Waals surface area contributed by atoms with Crippen molar-refractivity contribution in [1.29, 1.82) is 0 Å². The summed E-state index contributed by atoms with van der Waals surface area (Å²) >= 11 is 0. The Hall–Kier alpha value is -1.82. The van der Waals surface area contributed by atoms with E-state index < -0.39 is 0 Å². The van der Waals surface area contributed by atoms with Crippen LogP contribution in [0.2, 0.25) is 0 Å². The largest absolute Gasteiger partial charge is 0.0654 e. The molecular weight excluding hydrogens is 649 g/mol. The average Bonchev–Trinajstić information content (AvgIpc) is 3.19. The third kappa shape index (κ3) is 19.9. The van der Waals surface area contributed by atoms with E-state index in [9.17, 15) is 0 Å². The van der Waals surface area contributed by atoms with E-state index in [1.807, 2.05) is 0 Å². The zero-order valence-corrected chi connectivity index (χ0v) is 36.8. The van der Waals surface area contributed by atoms with Gasteiger partial charge in [0.1, 0.15) is 0 Å². The quantitative estimate of drug-likeness (QED) is 0.0412. The van der Waals surface area contributed by atoms with Crippen LogP contribution in [0.3, 0.4) is 0 Å². The van der Waals surface area contributed by atoms with Crippen LogP contribution in [0.4, 0.5) is 0 Å². The first-order valence-corrected chi connectivity index (χ1v) is 24.6. The van der Waals surface area contributed by atoms with Crippen LogP contribution in [0.5, 0.6) is 0 Å². The Balaban J connectivity index is 1.81. The van der Waals surface area contributed by atoms with Crippen molar-refractivity contribution in [3.05, 3.63) is 59.7 Å². The molecule has 0 aliphatic carbocycles. The first-order valence-electron chi connectivity index (χ1n) is 24.6. The van der Waals surface area contributed by atoms with Gasteiger partial charge in [0.15, 0.2) is 0 Å². The fourth-order valence-electron chi connectivity index (χ4n) is 9.41. The Morgan fingerprint density at radius 1 is 0.333 bits per heavy atom. The standard InChI is InChI=1S/C54H90/c1-5-9-13-17-21-23-27-30-36-47(35-29-25-19-15-11-7-3)43-51-41-42-52-45-49-39-33-34-40-50(49)46-54(52)53(51)44-48(37-31-26-20-16-12-8-4)38-32-28-24-22-18-14-10-6-2/h33-34,39-42,45-48H,5-32,35-38,43-44H2,1-4H3. The van der Waals surface area contributed by atoms with E-state index in [1.165, 1.54) is 234 Å². The molecule has 2 atom stereocenters. The number of hydrogen-bond donors (Lipinski definition) is 0. The van der Waals surface area contributed by atoms with Gasteiger partial charge in [0, 0.05) is 0 Å². The Labute approximate surface area is 337 Å². The lowest BCUT2D eigenvalue weighted by molar-refractivity contribution is 0.390. The maximum Gasteiger partial charge on any atom is -0.0143 e. The lowest BCUT2D eigenvalue weighted by atomic mass is 9.81. The van der Waals surface area contributed by atoms with Gasteiger partial charge >= 0.3 is 0 Å². The zero-order valence-electron chi connectivity index (χ0n) is 36.8. The van der Waals surface area contributed by atoms with Crippen molar-refractivity contribution in [2.24, 2.45) is 11.8 Å². The summed E-state index contributed by atoms with van der Waals surface area (Å²) in [5, 5.41) is 5.84. The van der Waals surface area contributed by atoms with Gasteiger partial charge in [-0.15, -0.1) is 0 Å². The summed E-state index contributed by atoms with van der Waals surface area (Å²) in [7, 11) is 0. The Kier molecular flexibility index (Phi) is 27.0. The lowest BCUT2D eigenvalue weighted by Crippen LogP contribution is -2.12. The number of unbranched alkanes of at least 4 members (excludes halogenated alkanes) is 24. The summed E-state index contributed by atoms with van der Waals surface area (Å²) in [5.74, 6) is 1.65. The molecule has 0 spiro atoms. The molecule has 2 unspecified atom stereocenters. The van der Waals surface area contributed by atoms with Gasteiger partial charge in [0.05, 0.1) is 0 Å². The predicted molar refractivity (Wildman–Crippen MR) is 246 cm³/mol. The summed E-state index contributed by atoms with van der Waals surface area (Å²) in [6.45, 7) is 9.36. The highest BCUT2D eigenvalue weighted by molar-refractivity contribution is 6.00. The summed E-state index contributed by atoms with van der Waals surface area (Å²) < 4.78 is 0. The topological polar surface area (TPSA) is 0 Å². The molecule has 0 heteroatoms. The summed E-state index contributed by atoms with van der Waals surface area (Å²) in [4.78, 5) is 0. The van der Waals surface area contributed by atoms with Crippen LogP contribution in [-0.4, -0.2) is 0 Å². The van der Waals surface area contributed by atoms with Crippen molar-refractivity contribution in [2.75, 3.05) is 0 Å². The molecule has 306 valence electrons. The van der Waals surface area contributed by atoms with E-state index in [2.05, 4.69) is 76.2 Å². The maximum atomic E-state index is 2.60. The van der Waals surface area contributed by atoms with Crippen molar-refractivity contribution in [3.8, 4) is 0 Å². The van der Waals surface area contributed by atoms with Crippen molar-refractivity contribution >= 4 is 21.5 Å². The molecule has 0 aliphatic rings. The van der Waals surface area contributed by atoms with Gasteiger partial charge < -0.3 is 0 Å². The van der Waals surface area contributed by atoms with Gasteiger partial charge in [-0.05, 0) is 69.5 Å². The van der Waals surface area contributed by atoms with Gasteiger partial charge in [-0.2, -0.15) is 0 Å². The molecule has 0 nitrogen and oxygen atoms in total. The smallest absolute Gasteiger partial charge is 0.0143 e. The summed E-state index contributed by atoms with van der Waals surface area (Å²) in [6, 6.07) is 19.3. The highest BCUT2D eigenvalue weighted by Crippen LogP contribution is 2.35. The molecule has 0 fully saturated rings. The number of rotatable bonds is 36. The third-order valence-electron chi connectivity index (χ3n) is 13.0. The van der Waals surface area contributed by atoms with Crippen molar-refractivity contribution in [3.63, 3.8) is 0 Å². The molecule has 0 saturated carbocycles. The van der Waals surface area contributed by atoms with E-state index >= 15 is 0 Å². The molecule has 0 bridgehead atoms. The molecule has 3 aromatic rings. The van der Waals surface area contributed by atoms with Crippen LogP contribution >= 0.6 is 0 Å². The van der Waals surface area contributed by atoms with Gasteiger partial charge in [-0.3, -0.25) is 0 Å². The second kappa shape index (κ2) is 31.3. The molecule has 0 radical (unpaired) electrons. The molecule has 0 N–H and O–H groups in total. The van der Waals surface area contributed by atoms with Gasteiger partial charge in [-0.1, -0.05) is 270 Å². The van der Waals surface area contributed by atoms with E-state index in [-0.39, 0.29) is 0 Å². The van der Waals surface area contributed by atoms with Gasteiger partial charge in [0.25, 0.3) is 0 Å². The Bertz CT molecular complexity index is 1300. The normalized spacial score (nSPS) is 13.0. The number of hydrogen-bond acceptors (Lipinski definition) is 0. The number of benzene rings is 3. The summed E-state index contributed by atoms with van der Waals surface area (Å²) in [5.41, 5.74) is 3.44. The average molecular weight is 739 g/mol. The highest BCUT2D eigenvalue weighted by atomic mass is 14.2. The molecule has 3 aromatic carbocycles. The third-order valence-corrected chi connectivity index (χ3v) is 13.0. The predicted octanol–water partition coefficient (Wildman–Crippen LogP) is 18.9. The van der Waals surface area contributed by atoms with Crippen LogP contribution in [0.15, 0.2) is 48.5 Å². The van der Waals surface area contributed by atoms with E-state index in [0.29, 0.717) is 0 Å². The first-order chi connectivity index (χ1) is 26.7. The van der Waals surface area contributed by atoms with Gasteiger partial charge in [0.2, 0.25) is 0 Å². The second-order valence-electron chi connectivity index (χ2n) is 17.9. The second-order valence-corrected chi connectivity index (χ2v) is 17.9. The van der Waals surface area contributed by atoms with Gasteiger partial charge in [-0.25, -0.2) is 0 Å². The minimum atomic E-state index is 0.816. The van der Waals surface area contributed by atoms with Crippen molar-refractivity contribution in [1.82, 2.24) is 0 Å². The SMILES string of the molecule is CCCCCCCCCCC(CCCCCCCC)Cc1ccc2cc3ccccc3cc2c1CC(CCCCCCCC)CCCCCCCCCC. The number of fused-ring (bicyclic) bond motifs is 2. The van der Waals surface area contributed by atoms with E-state index in [0.717, 1.165) is 11.8 Å². The van der Waals surface area contributed by atoms with E-state index in [1.54, 1.807) is 16.5 Å². The van der Waals surface area contributed by atoms with Crippen molar-refractivity contribution in [2.45, 2.75) is 246 Å². The minimum absolute atomic E-state index is 0.816. The minimum Gasteiger partial charge on any atom is -0.0654 e. The molecule has 3 rings (SSSR count). The lowest BCUT2D eigenvalue weighted by Gasteiger charge is -2.24. The van der Waals surface area contributed by atoms with Crippen LogP contribution in [0.25, 0.3) is 21.5 Å². The zero-order chi connectivity index (χ0) is 38.3. The molecule has 0 saturated heterocycles. The van der Waals surface area contributed by atoms with Crippen LogP contribution in [-0.2, 0) is 12.8 Å². The molecule has 54 heavy (non-hydrogen) atoms. The molecular formula is C54H90. The van der Waals surface area contributed by atoms with Crippen LogP contribution in [0, 0.1) is 11.8 Å².